The number of carbonyl (C=O) groups excluding carboxylic acids is 1. The molecular formula is C11H9FN2O2S. The van der Waals surface area contributed by atoms with Crippen molar-refractivity contribution in [3.63, 3.8) is 0 Å². The van der Waals surface area contributed by atoms with E-state index in [0.29, 0.717) is 16.3 Å². The number of hydrogen-bond donors (Lipinski definition) is 1. The van der Waals surface area contributed by atoms with Crippen molar-refractivity contribution in [1.82, 2.24) is 4.98 Å². The number of anilines is 1. The Labute approximate surface area is 101 Å². The van der Waals surface area contributed by atoms with Crippen LogP contribution in [0.3, 0.4) is 0 Å². The summed E-state index contributed by atoms with van der Waals surface area (Å²) < 4.78 is 17.4. The van der Waals surface area contributed by atoms with E-state index < -0.39 is 11.8 Å². The van der Waals surface area contributed by atoms with Gasteiger partial charge in [0.05, 0.1) is 19.0 Å². The van der Waals surface area contributed by atoms with Gasteiger partial charge < -0.3 is 10.5 Å². The molecule has 2 N–H and O–H groups in total. The minimum atomic E-state index is -0.523. The molecule has 17 heavy (non-hydrogen) atoms. The van der Waals surface area contributed by atoms with Gasteiger partial charge in [-0.2, -0.15) is 0 Å². The predicted octanol–water partition coefficient (Wildman–Crippen LogP) is 2.32. The van der Waals surface area contributed by atoms with Gasteiger partial charge in [0.1, 0.15) is 16.4 Å². The predicted molar refractivity (Wildman–Crippen MR) is 63.3 cm³/mol. The fraction of sp³-hybridized carbons (Fsp3) is 0.0909. The number of nitrogen functional groups attached to an aromatic ring is 1. The third kappa shape index (κ3) is 2.12. The van der Waals surface area contributed by atoms with Crippen molar-refractivity contribution in [3.8, 4) is 11.3 Å². The van der Waals surface area contributed by atoms with Gasteiger partial charge in [-0.1, -0.05) is 0 Å². The van der Waals surface area contributed by atoms with Crippen LogP contribution < -0.4 is 5.73 Å². The largest absolute Gasteiger partial charge is 0.465 e. The fourth-order valence-electron chi connectivity index (χ4n) is 1.41. The van der Waals surface area contributed by atoms with Gasteiger partial charge in [0.2, 0.25) is 0 Å². The summed E-state index contributed by atoms with van der Waals surface area (Å²) in [4.78, 5) is 15.5. The zero-order valence-electron chi connectivity index (χ0n) is 8.94. The Bertz CT molecular complexity index is 551. The maximum atomic E-state index is 12.8. The first-order chi connectivity index (χ1) is 8.13. The fourth-order valence-corrected chi connectivity index (χ4v) is 2.20. The summed E-state index contributed by atoms with van der Waals surface area (Å²) in [5.74, 6) is -0.957. The lowest BCUT2D eigenvalue weighted by Gasteiger charge is -2.02. The van der Waals surface area contributed by atoms with Gasteiger partial charge in [0, 0.05) is 10.9 Å². The van der Waals surface area contributed by atoms with Crippen LogP contribution in [0.4, 0.5) is 9.39 Å². The first-order valence-corrected chi connectivity index (χ1v) is 5.58. The van der Waals surface area contributed by atoms with Crippen molar-refractivity contribution >= 4 is 22.3 Å². The third-order valence-corrected chi connectivity index (χ3v) is 3.02. The second-order valence-corrected chi connectivity index (χ2v) is 4.15. The SMILES string of the molecule is COC(=O)c1c(-c2ccc(F)cn2)csc1N. The molecule has 0 aliphatic heterocycles. The quantitative estimate of drug-likeness (QED) is 0.833. The number of methoxy groups -OCH3 is 1. The molecule has 0 bridgehead atoms. The van der Waals surface area contributed by atoms with Crippen molar-refractivity contribution in [2.75, 3.05) is 12.8 Å². The summed E-state index contributed by atoms with van der Waals surface area (Å²) in [5.41, 5.74) is 7.02. The van der Waals surface area contributed by atoms with E-state index in [1.54, 1.807) is 5.38 Å². The van der Waals surface area contributed by atoms with E-state index in [1.165, 1.54) is 30.6 Å². The molecule has 4 nitrogen and oxygen atoms in total. The van der Waals surface area contributed by atoms with Crippen LogP contribution in [-0.4, -0.2) is 18.1 Å². The molecule has 2 rings (SSSR count). The maximum Gasteiger partial charge on any atom is 0.341 e. The van der Waals surface area contributed by atoms with Crippen LogP contribution in [0.2, 0.25) is 0 Å². The van der Waals surface area contributed by atoms with E-state index >= 15 is 0 Å². The zero-order chi connectivity index (χ0) is 12.4. The summed E-state index contributed by atoms with van der Waals surface area (Å²) in [6.45, 7) is 0. The first-order valence-electron chi connectivity index (χ1n) is 4.70. The minimum absolute atomic E-state index is 0.275. The molecule has 88 valence electrons. The molecule has 0 saturated heterocycles. The number of pyridine rings is 1. The lowest BCUT2D eigenvalue weighted by Crippen LogP contribution is -2.04. The number of nitrogens with zero attached hydrogens (tertiary/aromatic N) is 1. The average Bonchev–Trinajstić information content (AvgIpc) is 2.71. The van der Waals surface area contributed by atoms with Gasteiger partial charge in [-0.15, -0.1) is 11.3 Å². The number of halogens is 1. The number of aromatic nitrogens is 1. The molecule has 0 aromatic carbocycles. The number of esters is 1. The standard InChI is InChI=1S/C11H9FN2O2S/c1-16-11(15)9-7(5-17-10(9)13)8-3-2-6(12)4-14-8/h2-5H,13H2,1H3. The molecule has 2 aromatic rings. The summed E-state index contributed by atoms with van der Waals surface area (Å²) in [7, 11) is 1.28. The highest BCUT2D eigenvalue weighted by Crippen LogP contribution is 2.32. The van der Waals surface area contributed by atoms with E-state index in [1.807, 2.05) is 0 Å². The number of rotatable bonds is 2. The zero-order valence-corrected chi connectivity index (χ0v) is 9.75. The minimum Gasteiger partial charge on any atom is -0.465 e. The highest BCUT2D eigenvalue weighted by molar-refractivity contribution is 7.14. The van der Waals surface area contributed by atoms with Crippen molar-refractivity contribution < 1.29 is 13.9 Å². The van der Waals surface area contributed by atoms with Crippen LogP contribution in [-0.2, 0) is 4.74 Å². The van der Waals surface area contributed by atoms with Gasteiger partial charge in [0.15, 0.2) is 0 Å². The van der Waals surface area contributed by atoms with Gasteiger partial charge >= 0.3 is 5.97 Å². The number of thiophene rings is 1. The van der Waals surface area contributed by atoms with Crippen LogP contribution in [0.1, 0.15) is 10.4 Å². The maximum absolute atomic E-state index is 12.8. The van der Waals surface area contributed by atoms with Crippen LogP contribution in [0, 0.1) is 5.82 Å². The number of ether oxygens (including phenoxy) is 1. The molecule has 0 unspecified atom stereocenters. The Kier molecular flexibility index (Phi) is 3.06. The summed E-state index contributed by atoms with van der Waals surface area (Å²) >= 11 is 1.22. The molecule has 0 saturated carbocycles. The van der Waals surface area contributed by atoms with Crippen molar-refractivity contribution in [2.45, 2.75) is 0 Å². The molecule has 0 aliphatic rings. The Balaban J connectivity index is 2.52. The Hall–Kier alpha value is -1.95. The molecule has 0 radical (unpaired) electrons. The van der Waals surface area contributed by atoms with Crippen LogP contribution in [0.25, 0.3) is 11.3 Å². The molecule has 2 heterocycles. The molecule has 0 amide bonds. The second-order valence-electron chi connectivity index (χ2n) is 3.24. The lowest BCUT2D eigenvalue weighted by atomic mass is 10.1. The monoisotopic (exact) mass is 252 g/mol. The Morgan fingerprint density at radius 3 is 2.88 bits per heavy atom. The van der Waals surface area contributed by atoms with Gasteiger partial charge in [-0.3, -0.25) is 4.98 Å². The second kappa shape index (κ2) is 4.50. The third-order valence-electron chi connectivity index (χ3n) is 2.21. The highest BCUT2D eigenvalue weighted by atomic mass is 32.1. The van der Waals surface area contributed by atoms with Crippen molar-refractivity contribution in [2.24, 2.45) is 0 Å². The first kappa shape index (κ1) is 11.5. The summed E-state index contributed by atoms with van der Waals surface area (Å²) in [6, 6.07) is 2.76. The van der Waals surface area contributed by atoms with Crippen molar-refractivity contribution in [3.05, 3.63) is 35.1 Å². The van der Waals surface area contributed by atoms with Gasteiger partial charge in [-0.05, 0) is 12.1 Å². The Morgan fingerprint density at radius 1 is 1.53 bits per heavy atom. The summed E-state index contributed by atoms with van der Waals surface area (Å²) in [6.07, 6.45) is 1.09. The topological polar surface area (TPSA) is 65.2 Å². The van der Waals surface area contributed by atoms with Gasteiger partial charge in [-0.25, -0.2) is 9.18 Å². The lowest BCUT2D eigenvalue weighted by molar-refractivity contribution is 0.0603. The molecule has 0 fully saturated rings. The Morgan fingerprint density at radius 2 is 2.29 bits per heavy atom. The average molecular weight is 252 g/mol. The number of hydrogen-bond acceptors (Lipinski definition) is 5. The number of nitrogens with two attached hydrogens (primary N) is 1. The van der Waals surface area contributed by atoms with Crippen molar-refractivity contribution in [1.29, 1.82) is 0 Å². The van der Waals surface area contributed by atoms with E-state index in [-0.39, 0.29) is 5.56 Å². The van der Waals surface area contributed by atoms with Crippen LogP contribution >= 0.6 is 11.3 Å². The van der Waals surface area contributed by atoms with Crippen LogP contribution in [0.5, 0.6) is 0 Å². The molecule has 0 spiro atoms. The molecule has 0 atom stereocenters. The van der Waals surface area contributed by atoms with Gasteiger partial charge in [0.25, 0.3) is 0 Å². The van der Waals surface area contributed by atoms with E-state index in [9.17, 15) is 9.18 Å². The van der Waals surface area contributed by atoms with E-state index in [0.717, 1.165) is 6.20 Å². The van der Waals surface area contributed by atoms with E-state index in [4.69, 9.17) is 5.73 Å². The van der Waals surface area contributed by atoms with E-state index in [2.05, 4.69) is 9.72 Å². The molecule has 6 heteroatoms. The molecular weight excluding hydrogens is 243 g/mol. The number of carbonyl (C=O) groups is 1. The normalized spacial score (nSPS) is 10.2. The van der Waals surface area contributed by atoms with Crippen LogP contribution in [0.15, 0.2) is 23.7 Å². The smallest absolute Gasteiger partial charge is 0.341 e. The highest BCUT2D eigenvalue weighted by Gasteiger charge is 2.19. The molecule has 2 aromatic heterocycles. The summed E-state index contributed by atoms with van der Waals surface area (Å²) in [5, 5.41) is 2.06. The molecule has 0 aliphatic carbocycles.